The number of thioether (sulfide) groups is 1. The van der Waals surface area contributed by atoms with Crippen LogP contribution in [0.1, 0.15) is 12.8 Å². The molecule has 1 aromatic carbocycles. The van der Waals surface area contributed by atoms with Crippen molar-refractivity contribution in [1.29, 1.82) is 0 Å². The van der Waals surface area contributed by atoms with Gasteiger partial charge in [-0.05, 0) is 37.0 Å². The van der Waals surface area contributed by atoms with Gasteiger partial charge in [-0.15, -0.1) is 0 Å². The fraction of sp³-hybridized carbons (Fsp3) is 0.278. The molecule has 1 saturated carbocycles. The summed E-state index contributed by atoms with van der Waals surface area (Å²) in [6, 6.07) is 9.76. The maximum Gasteiger partial charge on any atom is 0.190 e. The van der Waals surface area contributed by atoms with E-state index in [0.717, 1.165) is 45.0 Å². The van der Waals surface area contributed by atoms with Crippen molar-refractivity contribution in [2.75, 3.05) is 18.2 Å². The van der Waals surface area contributed by atoms with Crippen molar-refractivity contribution in [3.05, 3.63) is 42.7 Å². The van der Waals surface area contributed by atoms with Gasteiger partial charge < -0.3 is 10.1 Å². The number of anilines is 2. The number of nitrogens with one attached hydrogen (secondary N) is 1. The topological polar surface area (TPSA) is 59.9 Å². The quantitative estimate of drug-likeness (QED) is 0.535. The van der Waals surface area contributed by atoms with Crippen LogP contribution in [0.25, 0.3) is 10.9 Å². The van der Waals surface area contributed by atoms with Gasteiger partial charge in [0.2, 0.25) is 0 Å². The summed E-state index contributed by atoms with van der Waals surface area (Å²) in [4.78, 5) is 13.5. The van der Waals surface area contributed by atoms with Crippen molar-refractivity contribution in [2.24, 2.45) is 5.92 Å². The first-order valence-corrected chi connectivity index (χ1v) is 8.96. The molecule has 122 valence electrons. The van der Waals surface area contributed by atoms with Crippen LogP contribution in [0.3, 0.4) is 0 Å². The van der Waals surface area contributed by atoms with E-state index in [-0.39, 0.29) is 0 Å². The van der Waals surface area contributed by atoms with Crippen LogP contribution < -0.4 is 10.1 Å². The molecule has 0 radical (unpaired) electrons. The minimum atomic E-state index is 0.799. The molecule has 24 heavy (non-hydrogen) atoms. The number of hydrogen-bond donors (Lipinski definition) is 1. The van der Waals surface area contributed by atoms with Crippen LogP contribution >= 0.6 is 11.8 Å². The second kappa shape index (κ2) is 6.65. The summed E-state index contributed by atoms with van der Waals surface area (Å²) in [5.74, 6) is 3.53. The number of pyridine rings is 1. The van der Waals surface area contributed by atoms with Gasteiger partial charge in [0.1, 0.15) is 11.6 Å². The van der Waals surface area contributed by atoms with Crippen LogP contribution in [-0.2, 0) is 0 Å². The molecule has 0 bridgehead atoms. The van der Waals surface area contributed by atoms with Crippen molar-refractivity contribution in [3.63, 3.8) is 0 Å². The molecular weight excluding hydrogens is 320 g/mol. The summed E-state index contributed by atoms with van der Waals surface area (Å²) >= 11 is 1.72. The van der Waals surface area contributed by atoms with Gasteiger partial charge >= 0.3 is 0 Å². The van der Waals surface area contributed by atoms with Gasteiger partial charge in [0.15, 0.2) is 5.16 Å². The molecule has 0 saturated heterocycles. The summed E-state index contributed by atoms with van der Waals surface area (Å²) < 4.78 is 5.29. The molecule has 2 aromatic heterocycles. The predicted octanol–water partition coefficient (Wildman–Crippen LogP) is 4.28. The maximum atomic E-state index is 5.29. The zero-order chi connectivity index (χ0) is 16.4. The number of nitrogens with zero attached hydrogens (tertiary/aromatic N) is 3. The second-order valence-corrected chi connectivity index (χ2v) is 6.85. The lowest BCUT2D eigenvalue weighted by molar-refractivity contribution is 0.415. The largest absolute Gasteiger partial charge is 0.497 e. The number of ether oxygens (including phenoxy) is 1. The number of methoxy groups -OCH3 is 1. The van der Waals surface area contributed by atoms with E-state index in [4.69, 9.17) is 9.72 Å². The van der Waals surface area contributed by atoms with Crippen molar-refractivity contribution in [1.82, 2.24) is 15.0 Å². The highest BCUT2D eigenvalue weighted by Crippen LogP contribution is 2.35. The molecule has 0 amide bonds. The minimum absolute atomic E-state index is 0.799. The van der Waals surface area contributed by atoms with Crippen LogP contribution in [0.5, 0.6) is 5.75 Å². The van der Waals surface area contributed by atoms with E-state index in [1.165, 1.54) is 12.8 Å². The number of rotatable bonds is 6. The molecule has 3 aromatic rings. The Hall–Kier alpha value is -2.34. The summed E-state index contributed by atoms with van der Waals surface area (Å²) in [6.07, 6.45) is 6.21. The van der Waals surface area contributed by atoms with Crippen molar-refractivity contribution in [3.8, 4) is 5.75 Å². The number of fused-ring (bicyclic) bond motifs is 1. The average molecular weight is 338 g/mol. The Kier molecular flexibility index (Phi) is 4.21. The van der Waals surface area contributed by atoms with E-state index in [1.54, 1.807) is 31.3 Å². The molecule has 1 N–H and O–H groups in total. The zero-order valence-electron chi connectivity index (χ0n) is 13.4. The lowest BCUT2D eigenvalue weighted by Crippen LogP contribution is -2.00. The molecule has 0 aliphatic heterocycles. The lowest BCUT2D eigenvalue weighted by atomic mass is 10.2. The zero-order valence-corrected chi connectivity index (χ0v) is 14.2. The first-order valence-electron chi connectivity index (χ1n) is 7.97. The SMILES string of the molecule is COc1cccc(Nc2nc(SCC3CC3)nc3cnccc23)c1. The Labute approximate surface area is 144 Å². The van der Waals surface area contributed by atoms with Gasteiger partial charge in [0, 0.05) is 29.1 Å². The van der Waals surface area contributed by atoms with Gasteiger partial charge in [0.05, 0.1) is 18.8 Å². The highest BCUT2D eigenvalue weighted by molar-refractivity contribution is 7.99. The van der Waals surface area contributed by atoms with Crippen molar-refractivity contribution >= 4 is 34.2 Å². The molecule has 1 aliphatic carbocycles. The lowest BCUT2D eigenvalue weighted by Gasteiger charge is -2.11. The number of benzene rings is 1. The van der Waals surface area contributed by atoms with E-state index in [1.807, 2.05) is 30.3 Å². The van der Waals surface area contributed by atoms with Crippen LogP contribution in [0, 0.1) is 5.92 Å². The average Bonchev–Trinajstić information content (AvgIpc) is 3.45. The van der Waals surface area contributed by atoms with Gasteiger partial charge in [-0.3, -0.25) is 4.98 Å². The molecular formula is C18H18N4OS. The van der Waals surface area contributed by atoms with E-state index < -0.39 is 0 Å². The van der Waals surface area contributed by atoms with E-state index in [9.17, 15) is 0 Å². The molecule has 1 aliphatic rings. The number of hydrogen-bond acceptors (Lipinski definition) is 6. The summed E-state index contributed by atoms with van der Waals surface area (Å²) in [5, 5.41) is 5.15. The van der Waals surface area contributed by atoms with E-state index in [0.29, 0.717) is 0 Å². The summed E-state index contributed by atoms with van der Waals surface area (Å²) in [5.41, 5.74) is 1.79. The van der Waals surface area contributed by atoms with Crippen LogP contribution in [0.15, 0.2) is 47.9 Å². The highest BCUT2D eigenvalue weighted by atomic mass is 32.2. The fourth-order valence-corrected chi connectivity index (χ4v) is 3.47. The van der Waals surface area contributed by atoms with Gasteiger partial charge in [-0.1, -0.05) is 17.8 Å². The van der Waals surface area contributed by atoms with E-state index >= 15 is 0 Å². The normalized spacial score (nSPS) is 13.9. The second-order valence-electron chi connectivity index (χ2n) is 5.86. The van der Waals surface area contributed by atoms with Gasteiger partial charge in [-0.25, -0.2) is 9.97 Å². The molecule has 1 fully saturated rings. The standard InChI is InChI=1S/C18H18N4OS/c1-23-14-4-2-3-13(9-14)20-17-15-7-8-19-10-16(15)21-18(22-17)24-11-12-5-6-12/h2-4,7-10,12H,5-6,11H2,1H3,(H,20,21,22). The summed E-state index contributed by atoms with van der Waals surface area (Å²) in [7, 11) is 1.66. The Bertz CT molecular complexity index is 867. The third-order valence-electron chi connectivity index (χ3n) is 3.96. The predicted molar refractivity (Wildman–Crippen MR) is 97.1 cm³/mol. The third kappa shape index (κ3) is 3.43. The molecule has 4 rings (SSSR count). The van der Waals surface area contributed by atoms with Crippen molar-refractivity contribution in [2.45, 2.75) is 18.0 Å². The highest BCUT2D eigenvalue weighted by Gasteiger charge is 2.22. The van der Waals surface area contributed by atoms with E-state index in [2.05, 4.69) is 15.3 Å². The van der Waals surface area contributed by atoms with Crippen LogP contribution in [0.4, 0.5) is 11.5 Å². The molecule has 0 atom stereocenters. The monoisotopic (exact) mass is 338 g/mol. The molecule has 0 spiro atoms. The molecule has 2 heterocycles. The molecule has 6 heteroatoms. The molecule has 0 unspecified atom stereocenters. The summed E-state index contributed by atoms with van der Waals surface area (Å²) in [6.45, 7) is 0. The fourth-order valence-electron chi connectivity index (χ4n) is 2.43. The number of aromatic nitrogens is 3. The van der Waals surface area contributed by atoms with Crippen molar-refractivity contribution < 1.29 is 4.74 Å². The first-order chi connectivity index (χ1) is 11.8. The molecule has 5 nitrogen and oxygen atoms in total. The smallest absolute Gasteiger partial charge is 0.190 e. The van der Waals surface area contributed by atoms with Crippen LogP contribution in [0.2, 0.25) is 0 Å². The Morgan fingerprint density at radius 3 is 3.00 bits per heavy atom. The minimum Gasteiger partial charge on any atom is -0.497 e. The third-order valence-corrected chi connectivity index (χ3v) is 5.04. The first kappa shape index (κ1) is 15.2. The maximum absolute atomic E-state index is 5.29. The Morgan fingerprint density at radius 2 is 2.17 bits per heavy atom. The van der Waals surface area contributed by atoms with Crippen LogP contribution in [-0.4, -0.2) is 27.8 Å². The van der Waals surface area contributed by atoms with Gasteiger partial charge in [-0.2, -0.15) is 0 Å². The van der Waals surface area contributed by atoms with Gasteiger partial charge in [0.25, 0.3) is 0 Å². The Morgan fingerprint density at radius 1 is 1.25 bits per heavy atom. The Balaban J connectivity index is 1.68.